The summed E-state index contributed by atoms with van der Waals surface area (Å²) >= 11 is 0. The van der Waals surface area contributed by atoms with Crippen molar-refractivity contribution in [2.45, 2.75) is 12.8 Å². The molecule has 2 heterocycles. The second-order valence-corrected chi connectivity index (χ2v) is 7.22. The van der Waals surface area contributed by atoms with Crippen LogP contribution >= 0.6 is 0 Å². The standard InChI is InChI=1S/C20H22N2O.C4H4O4/c1-4-18-16(8-10-22-11-13-23-14-12-22)6-7-20(18)19(5-1)17-3-2-9-21-15-17;5-3(6)1-2-4(7)8/h1-6,9,15H,7-8,10-14H2;1-2H,(H,5,6)(H,7,8)/b;2-1-. The fourth-order valence-electron chi connectivity index (χ4n) is 3.72. The molecule has 0 saturated carbocycles. The van der Waals surface area contributed by atoms with Gasteiger partial charge in [-0.3, -0.25) is 9.88 Å². The van der Waals surface area contributed by atoms with Crippen LogP contribution in [0.25, 0.3) is 16.7 Å². The highest BCUT2D eigenvalue weighted by atomic mass is 16.5. The molecule has 1 aromatic heterocycles. The Balaban J connectivity index is 0.000000293. The lowest BCUT2D eigenvalue weighted by Gasteiger charge is -2.26. The molecule has 0 spiro atoms. The highest BCUT2D eigenvalue weighted by Gasteiger charge is 2.19. The van der Waals surface area contributed by atoms with E-state index in [0.717, 1.165) is 45.7 Å². The number of carbonyl (C=O) groups is 2. The minimum atomic E-state index is -1.26. The average molecular weight is 422 g/mol. The number of hydrogen-bond donors (Lipinski definition) is 2. The first-order valence-electron chi connectivity index (χ1n) is 10.2. The van der Waals surface area contributed by atoms with E-state index >= 15 is 0 Å². The molecule has 0 unspecified atom stereocenters. The molecule has 7 heteroatoms. The Hall–Kier alpha value is -3.29. The lowest BCUT2D eigenvalue weighted by atomic mass is 9.95. The molecule has 31 heavy (non-hydrogen) atoms. The Labute approximate surface area is 181 Å². The van der Waals surface area contributed by atoms with Crippen molar-refractivity contribution < 1.29 is 24.5 Å². The van der Waals surface area contributed by atoms with E-state index in [9.17, 15) is 9.59 Å². The molecule has 162 valence electrons. The molecule has 1 aliphatic heterocycles. The molecular weight excluding hydrogens is 396 g/mol. The molecule has 4 rings (SSSR count). The van der Waals surface area contributed by atoms with Gasteiger partial charge in [0.05, 0.1) is 13.2 Å². The first-order chi connectivity index (χ1) is 15.0. The molecule has 2 N–H and O–H groups in total. The average Bonchev–Trinajstić information content (AvgIpc) is 3.21. The van der Waals surface area contributed by atoms with Gasteiger partial charge in [0, 0.05) is 49.7 Å². The van der Waals surface area contributed by atoms with Gasteiger partial charge in [-0.05, 0) is 41.2 Å². The SMILES string of the molecule is C1=C(CCN2CCOCC2)c2cccc(-c3cccnc3)c2C1.O=C(O)/C=C\C(=O)O. The van der Waals surface area contributed by atoms with Crippen LogP contribution in [0.4, 0.5) is 0 Å². The molecule has 1 saturated heterocycles. The van der Waals surface area contributed by atoms with Crippen LogP contribution in [0.5, 0.6) is 0 Å². The van der Waals surface area contributed by atoms with E-state index in [-0.39, 0.29) is 0 Å². The fourth-order valence-corrected chi connectivity index (χ4v) is 3.72. The number of carboxylic acids is 2. The van der Waals surface area contributed by atoms with Gasteiger partial charge in [-0.25, -0.2) is 9.59 Å². The molecule has 1 fully saturated rings. The van der Waals surface area contributed by atoms with Crippen LogP contribution in [-0.4, -0.2) is 64.9 Å². The van der Waals surface area contributed by atoms with Crippen molar-refractivity contribution in [2.24, 2.45) is 0 Å². The first-order valence-corrected chi connectivity index (χ1v) is 10.2. The van der Waals surface area contributed by atoms with Gasteiger partial charge in [-0.15, -0.1) is 0 Å². The largest absolute Gasteiger partial charge is 0.478 e. The third-order valence-electron chi connectivity index (χ3n) is 5.22. The highest BCUT2D eigenvalue weighted by Crippen LogP contribution is 2.36. The molecule has 1 aromatic carbocycles. The number of ether oxygens (including phenoxy) is 1. The maximum atomic E-state index is 9.55. The number of morpholine rings is 1. The van der Waals surface area contributed by atoms with E-state index in [2.05, 4.69) is 40.2 Å². The van der Waals surface area contributed by atoms with Crippen LogP contribution < -0.4 is 0 Å². The first kappa shape index (κ1) is 22.4. The van der Waals surface area contributed by atoms with E-state index in [4.69, 9.17) is 14.9 Å². The number of nitrogens with zero attached hydrogens (tertiary/aromatic N) is 2. The van der Waals surface area contributed by atoms with Gasteiger partial charge in [-0.1, -0.05) is 30.3 Å². The molecule has 7 nitrogen and oxygen atoms in total. The van der Waals surface area contributed by atoms with Gasteiger partial charge in [-0.2, -0.15) is 0 Å². The molecule has 0 radical (unpaired) electrons. The molecule has 0 amide bonds. The second kappa shape index (κ2) is 11.2. The predicted octanol–water partition coefficient (Wildman–Crippen LogP) is 3.12. The van der Waals surface area contributed by atoms with Crippen LogP contribution in [0.15, 0.2) is 61.0 Å². The molecule has 0 atom stereocenters. The van der Waals surface area contributed by atoms with Gasteiger partial charge < -0.3 is 14.9 Å². The summed E-state index contributed by atoms with van der Waals surface area (Å²) in [7, 11) is 0. The maximum Gasteiger partial charge on any atom is 0.328 e. The topological polar surface area (TPSA) is 100.0 Å². The van der Waals surface area contributed by atoms with Crippen LogP contribution in [0.1, 0.15) is 17.5 Å². The normalized spacial score (nSPS) is 15.7. The quantitative estimate of drug-likeness (QED) is 0.690. The van der Waals surface area contributed by atoms with E-state index < -0.39 is 11.9 Å². The van der Waals surface area contributed by atoms with Crippen LogP contribution in [-0.2, 0) is 20.7 Å². The number of hydrogen-bond acceptors (Lipinski definition) is 5. The number of aliphatic carboxylic acids is 2. The van der Waals surface area contributed by atoms with Crippen molar-refractivity contribution in [2.75, 3.05) is 32.8 Å². The fraction of sp³-hybridized carbons (Fsp3) is 0.292. The summed E-state index contributed by atoms with van der Waals surface area (Å²) in [6.07, 6.45) is 9.48. The minimum Gasteiger partial charge on any atom is -0.478 e. The zero-order chi connectivity index (χ0) is 22.1. The number of allylic oxidation sites excluding steroid dienone is 1. The summed E-state index contributed by atoms with van der Waals surface area (Å²) < 4.78 is 5.43. The Morgan fingerprint density at radius 3 is 2.39 bits per heavy atom. The second-order valence-electron chi connectivity index (χ2n) is 7.22. The summed E-state index contributed by atoms with van der Waals surface area (Å²) in [5.41, 5.74) is 6.93. The monoisotopic (exact) mass is 422 g/mol. The Morgan fingerprint density at radius 2 is 1.74 bits per heavy atom. The van der Waals surface area contributed by atoms with Crippen molar-refractivity contribution >= 4 is 17.5 Å². The molecule has 1 aliphatic carbocycles. The van der Waals surface area contributed by atoms with Gasteiger partial charge in [0.25, 0.3) is 0 Å². The summed E-state index contributed by atoms with van der Waals surface area (Å²) in [5, 5.41) is 15.6. The molecular formula is C24H26N2O5. The van der Waals surface area contributed by atoms with Gasteiger partial charge in [0.15, 0.2) is 0 Å². The van der Waals surface area contributed by atoms with Gasteiger partial charge in [0.1, 0.15) is 0 Å². The summed E-state index contributed by atoms with van der Waals surface area (Å²) in [4.78, 5) is 25.9. The molecule has 2 aliphatic rings. The predicted molar refractivity (Wildman–Crippen MR) is 118 cm³/mol. The number of benzene rings is 1. The zero-order valence-corrected chi connectivity index (χ0v) is 17.2. The van der Waals surface area contributed by atoms with Gasteiger partial charge >= 0.3 is 11.9 Å². The maximum absolute atomic E-state index is 9.55. The van der Waals surface area contributed by atoms with E-state index in [0.29, 0.717) is 12.2 Å². The Bertz CT molecular complexity index is 947. The number of pyridine rings is 1. The van der Waals surface area contributed by atoms with Crippen molar-refractivity contribution in [3.05, 3.63) is 72.1 Å². The Morgan fingerprint density at radius 1 is 1.03 bits per heavy atom. The minimum absolute atomic E-state index is 0.558. The van der Waals surface area contributed by atoms with E-state index in [1.807, 2.05) is 18.5 Å². The van der Waals surface area contributed by atoms with Crippen molar-refractivity contribution in [3.63, 3.8) is 0 Å². The molecule has 2 aromatic rings. The lowest BCUT2D eigenvalue weighted by molar-refractivity contribution is -0.134. The summed E-state index contributed by atoms with van der Waals surface area (Å²) in [6, 6.07) is 10.8. The number of aromatic nitrogens is 1. The van der Waals surface area contributed by atoms with Crippen molar-refractivity contribution in [1.82, 2.24) is 9.88 Å². The third kappa shape index (κ3) is 6.60. The van der Waals surface area contributed by atoms with Crippen LogP contribution in [0, 0.1) is 0 Å². The van der Waals surface area contributed by atoms with E-state index in [1.165, 1.54) is 27.8 Å². The highest BCUT2D eigenvalue weighted by molar-refractivity contribution is 5.89. The van der Waals surface area contributed by atoms with Gasteiger partial charge in [0.2, 0.25) is 0 Å². The summed E-state index contributed by atoms with van der Waals surface area (Å²) in [5.74, 6) is -2.51. The van der Waals surface area contributed by atoms with Crippen molar-refractivity contribution in [1.29, 1.82) is 0 Å². The molecule has 0 bridgehead atoms. The number of carboxylic acid groups (broad SMARTS) is 2. The third-order valence-corrected chi connectivity index (χ3v) is 5.22. The van der Waals surface area contributed by atoms with Crippen molar-refractivity contribution in [3.8, 4) is 11.1 Å². The zero-order valence-electron chi connectivity index (χ0n) is 17.2. The number of rotatable bonds is 6. The smallest absolute Gasteiger partial charge is 0.328 e. The van der Waals surface area contributed by atoms with Crippen LogP contribution in [0.2, 0.25) is 0 Å². The Kier molecular flexibility index (Phi) is 8.09. The van der Waals surface area contributed by atoms with Crippen LogP contribution in [0.3, 0.4) is 0 Å². The van der Waals surface area contributed by atoms with E-state index in [1.54, 1.807) is 0 Å². The summed E-state index contributed by atoms with van der Waals surface area (Å²) in [6.45, 7) is 5.01. The number of fused-ring (bicyclic) bond motifs is 1. The lowest BCUT2D eigenvalue weighted by Crippen LogP contribution is -2.36.